The summed E-state index contributed by atoms with van der Waals surface area (Å²) in [5.74, 6) is -0.383. The van der Waals surface area contributed by atoms with Gasteiger partial charge in [-0.1, -0.05) is 17.7 Å². The number of sulfonamides is 2. The van der Waals surface area contributed by atoms with Crippen LogP contribution >= 0.6 is 11.6 Å². The number of alkyl halides is 2. The second-order valence-electron chi connectivity index (χ2n) is 4.65. The number of halogens is 3. The van der Waals surface area contributed by atoms with Gasteiger partial charge in [-0.15, -0.1) is 0 Å². The second kappa shape index (κ2) is 7.12. The summed E-state index contributed by atoms with van der Waals surface area (Å²) >= 11 is 5.72. The van der Waals surface area contributed by atoms with Crippen LogP contribution < -0.4 is 14.6 Å². The Morgan fingerprint density at radius 3 is 2.28 bits per heavy atom. The minimum absolute atomic E-state index is 0.0597. The van der Waals surface area contributed by atoms with Crippen molar-refractivity contribution in [2.24, 2.45) is 5.14 Å². The van der Waals surface area contributed by atoms with Crippen molar-refractivity contribution in [3.8, 4) is 5.75 Å². The van der Waals surface area contributed by atoms with Gasteiger partial charge in [0.05, 0.1) is 20.5 Å². The third-order valence-electron chi connectivity index (χ3n) is 2.84. The van der Waals surface area contributed by atoms with E-state index in [1.54, 1.807) is 0 Å². The van der Waals surface area contributed by atoms with Gasteiger partial charge in [-0.3, -0.25) is 4.72 Å². The Labute approximate surface area is 147 Å². The maximum atomic E-state index is 12.3. The van der Waals surface area contributed by atoms with Crippen LogP contribution in [0, 0.1) is 0 Å². The lowest BCUT2D eigenvalue weighted by atomic mass is 10.3. The molecule has 0 aliphatic rings. The SMILES string of the molecule is NS(=O)(=O)c1cccc(NS(=O)(=O)c2ccc(OC(F)F)c(Cl)c2)c1. The molecule has 0 spiro atoms. The number of nitrogens with two attached hydrogens (primary N) is 1. The minimum Gasteiger partial charge on any atom is -0.433 e. The number of rotatable bonds is 6. The van der Waals surface area contributed by atoms with Crippen LogP contribution in [0.15, 0.2) is 52.3 Å². The summed E-state index contributed by atoms with van der Waals surface area (Å²) in [6.07, 6.45) is 0. The molecule has 0 atom stereocenters. The second-order valence-corrected chi connectivity index (χ2v) is 8.30. The van der Waals surface area contributed by atoms with E-state index in [-0.39, 0.29) is 26.3 Å². The summed E-state index contributed by atoms with van der Waals surface area (Å²) in [4.78, 5) is -0.619. The zero-order valence-corrected chi connectivity index (χ0v) is 14.6. The first-order valence-electron chi connectivity index (χ1n) is 6.39. The average molecular weight is 413 g/mol. The van der Waals surface area contributed by atoms with Gasteiger partial charge in [0.25, 0.3) is 10.0 Å². The molecule has 0 radical (unpaired) electrons. The van der Waals surface area contributed by atoms with E-state index in [4.69, 9.17) is 16.7 Å². The highest BCUT2D eigenvalue weighted by Crippen LogP contribution is 2.29. The molecule has 0 saturated carbocycles. The minimum atomic E-state index is -4.16. The fourth-order valence-corrected chi connectivity index (χ4v) is 3.72. The lowest BCUT2D eigenvalue weighted by molar-refractivity contribution is -0.0498. The summed E-state index contributed by atoms with van der Waals surface area (Å²) in [6.45, 7) is -3.11. The van der Waals surface area contributed by atoms with Gasteiger partial charge in [0.1, 0.15) is 5.75 Å². The van der Waals surface area contributed by atoms with Crippen molar-refractivity contribution >= 4 is 37.3 Å². The predicted octanol–water partition coefficient (Wildman–Crippen LogP) is 2.39. The van der Waals surface area contributed by atoms with Gasteiger partial charge in [-0.2, -0.15) is 8.78 Å². The van der Waals surface area contributed by atoms with Crippen molar-refractivity contribution < 1.29 is 30.4 Å². The molecule has 136 valence electrons. The van der Waals surface area contributed by atoms with Crippen molar-refractivity contribution in [1.82, 2.24) is 0 Å². The fourth-order valence-electron chi connectivity index (χ4n) is 1.79. The van der Waals surface area contributed by atoms with Gasteiger partial charge in [0, 0.05) is 0 Å². The first-order valence-corrected chi connectivity index (χ1v) is 9.80. The molecule has 0 heterocycles. The number of nitrogens with one attached hydrogen (secondary N) is 1. The van der Waals surface area contributed by atoms with E-state index < -0.39 is 26.7 Å². The zero-order chi connectivity index (χ0) is 18.8. The zero-order valence-electron chi connectivity index (χ0n) is 12.2. The summed E-state index contributed by atoms with van der Waals surface area (Å²) < 4.78 is 77.8. The Balaban J connectivity index is 2.32. The topological polar surface area (TPSA) is 116 Å². The monoisotopic (exact) mass is 412 g/mol. The normalized spacial score (nSPS) is 12.2. The Kier molecular flexibility index (Phi) is 5.52. The Morgan fingerprint density at radius 2 is 1.72 bits per heavy atom. The third kappa shape index (κ3) is 5.01. The highest BCUT2D eigenvalue weighted by Gasteiger charge is 2.18. The smallest absolute Gasteiger partial charge is 0.387 e. The van der Waals surface area contributed by atoms with E-state index in [2.05, 4.69) is 9.46 Å². The number of hydrogen-bond donors (Lipinski definition) is 2. The van der Waals surface area contributed by atoms with E-state index in [9.17, 15) is 25.6 Å². The van der Waals surface area contributed by atoms with Crippen molar-refractivity contribution in [1.29, 1.82) is 0 Å². The molecule has 3 N–H and O–H groups in total. The molecule has 2 rings (SSSR count). The van der Waals surface area contributed by atoms with E-state index in [0.717, 1.165) is 24.3 Å². The van der Waals surface area contributed by atoms with Gasteiger partial charge < -0.3 is 4.74 Å². The van der Waals surface area contributed by atoms with Crippen LogP contribution in [0.3, 0.4) is 0 Å². The van der Waals surface area contributed by atoms with E-state index in [1.807, 2.05) is 0 Å². The van der Waals surface area contributed by atoms with E-state index in [1.165, 1.54) is 18.2 Å². The molecule has 2 aromatic rings. The Hall–Kier alpha value is -1.95. The fraction of sp³-hybridized carbons (Fsp3) is 0.0769. The maximum absolute atomic E-state index is 12.3. The number of ether oxygens (including phenoxy) is 1. The van der Waals surface area contributed by atoms with E-state index >= 15 is 0 Å². The molecule has 25 heavy (non-hydrogen) atoms. The summed E-state index contributed by atoms with van der Waals surface area (Å²) in [5.41, 5.74) is -0.0597. The number of anilines is 1. The largest absolute Gasteiger partial charge is 0.433 e. The maximum Gasteiger partial charge on any atom is 0.387 e. The molecule has 0 aliphatic carbocycles. The van der Waals surface area contributed by atoms with Gasteiger partial charge in [0.2, 0.25) is 10.0 Å². The molecule has 0 bridgehead atoms. The van der Waals surface area contributed by atoms with Crippen LogP contribution in [0.4, 0.5) is 14.5 Å². The lowest BCUT2D eigenvalue weighted by Crippen LogP contribution is -2.15. The first-order chi connectivity index (χ1) is 11.5. The first kappa shape index (κ1) is 19.4. The van der Waals surface area contributed by atoms with Crippen LogP contribution in [0.25, 0.3) is 0 Å². The molecule has 0 unspecified atom stereocenters. The van der Waals surface area contributed by atoms with Crippen LogP contribution in [0.2, 0.25) is 5.02 Å². The Morgan fingerprint density at radius 1 is 1.04 bits per heavy atom. The molecule has 2 aromatic carbocycles. The van der Waals surface area contributed by atoms with Gasteiger partial charge in [0.15, 0.2) is 0 Å². The molecule has 0 fully saturated rings. The molecule has 0 aliphatic heterocycles. The highest BCUT2D eigenvalue weighted by molar-refractivity contribution is 7.92. The molecular formula is C13H11ClF2N2O5S2. The predicted molar refractivity (Wildman–Crippen MR) is 86.7 cm³/mol. The van der Waals surface area contributed by atoms with E-state index in [0.29, 0.717) is 0 Å². The molecular weight excluding hydrogens is 402 g/mol. The lowest BCUT2D eigenvalue weighted by Gasteiger charge is -2.11. The molecule has 7 nitrogen and oxygen atoms in total. The molecule has 0 saturated heterocycles. The number of primary sulfonamides is 1. The van der Waals surface area contributed by atoms with Crippen molar-refractivity contribution in [3.05, 3.63) is 47.5 Å². The van der Waals surface area contributed by atoms with Gasteiger partial charge in [-0.25, -0.2) is 22.0 Å². The third-order valence-corrected chi connectivity index (χ3v) is 5.43. The molecule has 12 heteroatoms. The highest BCUT2D eigenvalue weighted by atomic mass is 35.5. The van der Waals surface area contributed by atoms with Crippen LogP contribution in [0.5, 0.6) is 5.75 Å². The van der Waals surface area contributed by atoms with Gasteiger partial charge >= 0.3 is 6.61 Å². The molecule has 0 amide bonds. The summed E-state index contributed by atoms with van der Waals surface area (Å²) in [7, 11) is -8.17. The van der Waals surface area contributed by atoms with Crippen molar-refractivity contribution in [3.63, 3.8) is 0 Å². The van der Waals surface area contributed by atoms with Crippen molar-refractivity contribution in [2.45, 2.75) is 16.4 Å². The summed E-state index contributed by atoms with van der Waals surface area (Å²) in [6, 6.07) is 7.74. The van der Waals surface area contributed by atoms with Crippen LogP contribution in [0.1, 0.15) is 0 Å². The quantitative estimate of drug-likeness (QED) is 0.755. The van der Waals surface area contributed by atoms with Gasteiger partial charge in [-0.05, 0) is 36.4 Å². The standard InChI is InChI=1S/C13H11ClF2N2O5S2/c14-11-7-10(4-5-12(11)23-13(15)16)25(21,22)18-8-2-1-3-9(6-8)24(17,19)20/h1-7,13,18H,(H2,17,19,20). The number of benzene rings is 2. The average Bonchev–Trinajstić information content (AvgIpc) is 2.47. The van der Waals surface area contributed by atoms with Crippen LogP contribution in [-0.4, -0.2) is 23.4 Å². The Bertz CT molecular complexity index is 997. The van der Waals surface area contributed by atoms with Crippen molar-refractivity contribution in [2.75, 3.05) is 4.72 Å². The number of hydrogen-bond acceptors (Lipinski definition) is 5. The summed E-state index contributed by atoms with van der Waals surface area (Å²) in [5, 5.41) is 4.65. The molecule has 0 aromatic heterocycles. The van der Waals surface area contributed by atoms with Crippen LogP contribution in [-0.2, 0) is 20.0 Å².